The zero-order valence-electron chi connectivity index (χ0n) is 13.7. The van der Waals surface area contributed by atoms with Crippen LogP contribution in [0, 0.1) is 11.3 Å². The largest absolute Gasteiger partial charge is 0.463 e. The summed E-state index contributed by atoms with van der Waals surface area (Å²) in [4.78, 5) is 27.7. The molecule has 6 nitrogen and oxygen atoms in total. The van der Waals surface area contributed by atoms with Crippen molar-refractivity contribution in [3.8, 4) is 6.07 Å². The quantitative estimate of drug-likeness (QED) is 0.803. The lowest BCUT2D eigenvalue weighted by atomic mass is 9.93. The Hall–Kier alpha value is -2.81. The average Bonchev–Trinajstić information content (AvgIpc) is 2.56. The van der Waals surface area contributed by atoms with Gasteiger partial charge < -0.3 is 14.5 Å². The predicted octanol–water partition coefficient (Wildman–Crippen LogP) is 2.43. The molecule has 0 saturated carbocycles. The van der Waals surface area contributed by atoms with Gasteiger partial charge in [-0.25, -0.2) is 9.59 Å². The van der Waals surface area contributed by atoms with E-state index in [4.69, 9.17) is 10.00 Å². The molecule has 1 aromatic rings. The van der Waals surface area contributed by atoms with Gasteiger partial charge in [-0.1, -0.05) is 12.1 Å². The zero-order chi connectivity index (χ0) is 17.1. The predicted molar refractivity (Wildman–Crippen MR) is 84.2 cm³/mol. The molecule has 1 heterocycles. The maximum atomic E-state index is 12.4. The molecule has 0 unspecified atom stereocenters. The molecule has 2 rings (SSSR count). The molecule has 0 aromatic heterocycles. The fraction of sp³-hybridized carbons (Fsp3) is 0.353. The molecule has 0 spiro atoms. The van der Waals surface area contributed by atoms with E-state index in [2.05, 4.69) is 6.07 Å². The van der Waals surface area contributed by atoms with Gasteiger partial charge >= 0.3 is 12.0 Å². The number of hydrogen-bond donors (Lipinski definition) is 0. The number of amides is 2. The summed E-state index contributed by atoms with van der Waals surface area (Å²) in [6, 6.07) is 8.18. The van der Waals surface area contributed by atoms with E-state index in [-0.39, 0.29) is 12.6 Å². The van der Waals surface area contributed by atoms with Gasteiger partial charge in [-0.15, -0.1) is 0 Å². The number of allylic oxidation sites excluding steroid dienone is 1. The molecular weight excluding hydrogens is 294 g/mol. The summed E-state index contributed by atoms with van der Waals surface area (Å²) in [6.45, 7) is 3.71. The number of rotatable bonds is 3. The van der Waals surface area contributed by atoms with Gasteiger partial charge in [0.2, 0.25) is 0 Å². The van der Waals surface area contributed by atoms with Gasteiger partial charge in [0, 0.05) is 19.8 Å². The van der Waals surface area contributed by atoms with Gasteiger partial charge in [-0.2, -0.15) is 5.26 Å². The van der Waals surface area contributed by atoms with Crippen LogP contribution >= 0.6 is 0 Å². The Balaban J connectivity index is 2.62. The Morgan fingerprint density at radius 3 is 2.70 bits per heavy atom. The molecule has 23 heavy (non-hydrogen) atoms. The second kappa shape index (κ2) is 6.53. The minimum atomic E-state index is -0.578. The summed E-state index contributed by atoms with van der Waals surface area (Å²) in [5, 5.41) is 9.09. The van der Waals surface area contributed by atoms with Gasteiger partial charge in [0.05, 0.1) is 29.9 Å². The van der Waals surface area contributed by atoms with Crippen molar-refractivity contribution in [3.63, 3.8) is 0 Å². The number of esters is 1. The molecule has 1 atom stereocenters. The third-order valence-electron chi connectivity index (χ3n) is 3.97. The molecule has 0 bridgehead atoms. The van der Waals surface area contributed by atoms with Crippen molar-refractivity contribution in [1.29, 1.82) is 5.26 Å². The number of benzene rings is 1. The SMILES string of the molecule is CCOC(=O)C1=C(C)N(C)C(=O)N(C)[C@H]1c1cccc(C#N)c1. The van der Waals surface area contributed by atoms with Crippen LogP contribution < -0.4 is 0 Å². The Labute approximate surface area is 135 Å². The number of carbonyl (C=O) groups excluding carboxylic acids is 2. The minimum Gasteiger partial charge on any atom is -0.463 e. The number of hydrogen-bond acceptors (Lipinski definition) is 4. The van der Waals surface area contributed by atoms with E-state index in [1.165, 1.54) is 9.80 Å². The number of nitriles is 1. The second-order valence-corrected chi connectivity index (χ2v) is 5.31. The van der Waals surface area contributed by atoms with E-state index < -0.39 is 12.0 Å². The van der Waals surface area contributed by atoms with Crippen molar-refractivity contribution < 1.29 is 14.3 Å². The number of ether oxygens (including phenoxy) is 1. The first-order chi connectivity index (χ1) is 10.9. The van der Waals surface area contributed by atoms with Crippen molar-refractivity contribution in [2.24, 2.45) is 0 Å². The smallest absolute Gasteiger partial charge is 0.338 e. The van der Waals surface area contributed by atoms with Gasteiger partial charge in [0.25, 0.3) is 0 Å². The monoisotopic (exact) mass is 313 g/mol. The first-order valence-corrected chi connectivity index (χ1v) is 7.30. The van der Waals surface area contributed by atoms with Crippen LogP contribution in [0.1, 0.15) is 31.0 Å². The van der Waals surface area contributed by atoms with E-state index in [1.807, 2.05) is 0 Å². The van der Waals surface area contributed by atoms with Crippen LogP contribution in [-0.2, 0) is 9.53 Å². The summed E-state index contributed by atoms with van der Waals surface area (Å²) < 4.78 is 5.17. The average molecular weight is 313 g/mol. The molecule has 2 amide bonds. The molecule has 1 aliphatic rings. The van der Waals surface area contributed by atoms with Crippen LogP contribution in [0.4, 0.5) is 4.79 Å². The molecule has 0 aliphatic carbocycles. The molecule has 6 heteroatoms. The minimum absolute atomic E-state index is 0.220. The maximum absolute atomic E-state index is 12.4. The van der Waals surface area contributed by atoms with E-state index >= 15 is 0 Å². The Bertz CT molecular complexity index is 718. The fourth-order valence-electron chi connectivity index (χ4n) is 2.70. The fourth-order valence-corrected chi connectivity index (χ4v) is 2.70. The van der Waals surface area contributed by atoms with Crippen LogP contribution in [0.25, 0.3) is 0 Å². The summed E-state index contributed by atoms with van der Waals surface area (Å²) in [6.07, 6.45) is 0. The standard InChI is InChI=1S/C17H19N3O3/c1-5-23-16(21)14-11(2)19(3)17(22)20(4)15(14)13-8-6-7-12(9-13)10-18/h6-9,15H,5H2,1-4H3/t15-/m0/s1. The van der Waals surface area contributed by atoms with Crippen molar-refractivity contribution in [2.75, 3.05) is 20.7 Å². The van der Waals surface area contributed by atoms with Gasteiger partial charge in [0.1, 0.15) is 0 Å². The molecule has 1 aromatic carbocycles. The van der Waals surface area contributed by atoms with Crippen molar-refractivity contribution >= 4 is 12.0 Å². The zero-order valence-corrected chi connectivity index (χ0v) is 13.7. The molecule has 0 fully saturated rings. The van der Waals surface area contributed by atoms with Crippen LogP contribution in [0.15, 0.2) is 35.5 Å². The summed E-state index contributed by atoms with van der Waals surface area (Å²) in [5.41, 5.74) is 2.14. The van der Waals surface area contributed by atoms with E-state index in [0.717, 1.165) is 0 Å². The highest BCUT2D eigenvalue weighted by Gasteiger charge is 2.39. The van der Waals surface area contributed by atoms with Crippen molar-refractivity contribution in [1.82, 2.24) is 9.80 Å². The molecule has 0 radical (unpaired) electrons. The number of carbonyl (C=O) groups is 2. The Morgan fingerprint density at radius 1 is 1.39 bits per heavy atom. The van der Waals surface area contributed by atoms with Crippen LogP contribution in [-0.4, -0.2) is 42.5 Å². The molecular formula is C17H19N3O3. The highest BCUT2D eigenvalue weighted by Crippen LogP contribution is 2.36. The number of likely N-dealkylation sites (N-methyl/N-ethyl adjacent to an activating group) is 1. The normalized spacial score (nSPS) is 18.0. The van der Waals surface area contributed by atoms with Gasteiger partial charge in [-0.05, 0) is 31.5 Å². The number of nitrogens with zero attached hydrogens (tertiary/aromatic N) is 3. The van der Waals surface area contributed by atoms with Crippen LogP contribution in [0.3, 0.4) is 0 Å². The molecule has 1 aliphatic heterocycles. The Morgan fingerprint density at radius 2 is 2.09 bits per heavy atom. The van der Waals surface area contributed by atoms with E-state index in [0.29, 0.717) is 22.4 Å². The highest BCUT2D eigenvalue weighted by molar-refractivity contribution is 5.94. The van der Waals surface area contributed by atoms with Gasteiger partial charge in [-0.3, -0.25) is 0 Å². The topological polar surface area (TPSA) is 73.6 Å². The highest BCUT2D eigenvalue weighted by atomic mass is 16.5. The summed E-state index contributed by atoms with van der Waals surface area (Å²) in [7, 11) is 3.25. The Kier molecular flexibility index (Phi) is 4.70. The lowest BCUT2D eigenvalue weighted by Crippen LogP contribution is -2.47. The lowest BCUT2D eigenvalue weighted by molar-refractivity contribution is -0.139. The van der Waals surface area contributed by atoms with Crippen molar-refractivity contribution in [2.45, 2.75) is 19.9 Å². The van der Waals surface area contributed by atoms with E-state index in [9.17, 15) is 9.59 Å². The lowest BCUT2D eigenvalue weighted by Gasteiger charge is -2.39. The first-order valence-electron chi connectivity index (χ1n) is 7.30. The first kappa shape index (κ1) is 16.6. The van der Waals surface area contributed by atoms with Crippen molar-refractivity contribution in [3.05, 3.63) is 46.7 Å². The maximum Gasteiger partial charge on any atom is 0.338 e. The molecule has 0 saturated heterocycles. The van der Waals surface area contributed by atoms with E-state index in [1.54, 1.807) is 52.2 Å². The third-order valence-corrected chi connectivity index (χ3v) is 3.97. The van der Waals surface area contributed by atoms with Gasteiger partial charge in [0.15, 0.2) is 0 Å². The molecule has 0 N–H and O–H groups in total. The summed E-state index contributed by atoms with van der Waals surface area (Å²) >= 11 is 0. The number of urea groups is 1. The second-order valence-electron chi connectivity index (χ2n) is 5.31. The molecule has 120 valence electrons. The van der Waals surface area contributed by atoms with Crippen LogP contribution in [0.2, 0.25) is 0 Å². The summed E-state index contributed by atoms with van der Waals surface area (Å²) in [5.74, 6) is -0.455. The van der Waals surface area contributed by atoms with Crippen LogP contribution in [0.5, 0.6) is 0 Å². The third kappa shape index (κ3) is 2.90.